The van der Waals surface area contributed by atoms with Crippen LogP contribution in [0.25, 0.3) is 0 Å². The Morgan fingerprint density at radius 2 is 1.90 bits per heavy atom. The van der Waals surface area contributed by atoms with Gasteiger partial charge in [0.15, 0.2) is 0 Å². The molecule has 1 aliphatic rings. The van der Waals surface area contributed by atoms with Gasteiger partial charge in [-0.25, -0.2) is 13.2 Å². The van der Waals surface area contributed by atoms with E-state index in [9.17, 15) is 13.2 Å². The molecule has 1 aliphatic heterocycles. The lowest BCUT2D eigenvalue weighted by Gasteiger charge is -2.36. The molecule has 1 fully saturated rings. The van der Waals surface area contributed by atoms with Crippen LogP contribution < -0.4 is 0 Å². The molecule has 21 heavy (non-hydrogen) atoms. The number of aromatic nitrogens is 2. The third-order valence-corrected chi connectivity index (χ3v) is 5.52. The van der Waals surface area contributed by atoms with E-state index in [0.29, 0.717) is 39.3 Å². The van der Waals surface area contributed by atoms with Crippen molar-refractivity contribution in [3.8, 4) is 0 Å². The first-order valence-corrected chi connectivity index (χ1v) is 8.47. The van der Waals surface area contributed by atoms with Gasteiger partial charge < -0.3 is 9.80 Å². The van der Waals surface area contributed by atoms with Crippen LogP contribution in [0, 0.1) is 0 Å². The molecule has 0 atom stereocenters. The standard InChI is InChI=1S/C12H21N5O3S/c1-3-15(4-2)12(18)16-5-7-17(8-6-16)21(19,20)11-9-13-14-10-11/h9-10H,3-8H2,1-2H3,(H,13,14). The Morgan fingerprint density at radius 1 is 1.29 bits per heavy atom. The van der Waals surface area contributed by atoms with Gasteiger partial charge in [-0.05, 0) is 13.8 Å². The third-order valence-electron chi connectivity index (χ3n) is 3.65. The summed E-state index contributed by atoms with van der Waals surface area (Å²) in [5, 5.41) is 6.17. The summed E-state index contributed by atoms with van der Waals surface area (Å²) >= 11 is 0. The van der Waals surface area contributed by atoms with E-state index in [4.69, 9.17) is 0 Å². The Kier molecular flexibility index (Phi) is 4.84. The summed E-state index contributed by atoms with van der Waals surface area (Å²) in [5.41, 5.74) is 0. The molecule has 9 heteroatoms. The van der Waals surface area contributed by atoms with Gasteiger partial charge in [0, 0.05) is 45.5 Å². The monoisotopic (exact) mass is 315 g/mol. The van der Waals surface area contributed by atoms with Crippen molar-refractivity contribution in [2.45, 2.75) is 18.7 Å². The highest BCUT2D eigenvalue weighted by Gasteiger charge is 2.31. The zero-order chi connectivity index (χ0) is 15.5. The zero-order valence-electron chi connectivity index (χ0n) is 12.3. The number of hydrogen-bond donors (Lipinski definition) is 1. The first-order chi connectivity index (χ1) is 10.0. The Morgan fingerprint density at radius 3 is 2.38 bits per heavy atom. The second-order valence-electron chi connectivity index (χ2n) is 4.78. The molecule has 2 rings (SSSR count). The minimum absolute atomic E-state index is 0.0274. The molecule has 1 aromatic rings. The van der Waals surface area contributed by atoms with Crippen LogP contribution in [0.5, 0.6) is 0 Å². The molecule has 1 aromatic heterocycles. The SMILES string of the molecule is CCN(CC)C(=O)N1CCN(S(=O)(=O)c2cn[nH]c2)CC1. The van der Waals surface area contributed by atoms with Crippen LogP contribution in [0.3, 0.4) is 0 Å². The summed E-state index contributed by atoms with van der Waals surface area (Å²) in [5.74, 6) is 0. The maximum atomic E-state index is 12.3. The number of nitrogens with one attached hydrogen (secondary N) is 1. The molecule has 2 heterocycles. The maximum absolute atomic E-state index is 12.3. The van der Waals surface area contributed by atoms with Gasteiger partial charge in [0.2, 0.25) is 10.0 Å². The summed E-state index contributed by atoms with van der Waals surface area (Å²) in [6, 6.07) is -0.0274. The molecule has 8 nitrogen and oxygen atoms in total. The van der Waals surface area contributed by atoms with Crippen molar-refractivity contribution < 1.29 is 13.2 Å². The molecule has 0 aromatic carbocycles. The number of sulfonamides is 1. The van der Waals surface area contributed by atoms with Crippen molar-refractivity contribution in [3.05, 3.63) is 12.4 Å². The molecule has 118 valence electrons. The van der Waals surface area contributed by atoms with Gasteiger partial charge >= 0.3 is 6.03 Å². The van der Waals surface area contributed by atoms with E-state index >= 15 is 0 Å². The average Bonchev–Trinajstić information content (AvgIpc) is 3.03. The topological polar surface area (TPSA) is 89.6 Å². The summed E-state index contributed by atoms with van der Waals surface area (Å²) in [6.07, 6.45) is 2.66. The van der Waals surface area contributed by atoms with E-state index in [1.54, 1.807) is 9.80 Å². The van der Waals surface area contributed by atoms with E-state index in [1.807, 2.05) is 13.8 Å². The molecule has 1 saturated heterocycles. The molecule has 0 unspecified atom stereocenters. The van der Waals surface area contributed by atoms with Gasteiger partial charge in [-0.15, -0.1) is 0 Å². The van der Waals surface area contributed by atoms with Crippen LogP contribution >= 0.6 is 0 Å². The number of hydrogen-bond acceptors (Lipinski definition) is 4. The van der Waals surface area contributed by atoms with Crippen molar-refractivity contribution >= 4 is 16.1 Å². The molecule has 0 bridgehead atoms. The molecule has 0 saturated carbocycles. The molecule has 0 radical (unpaired) electrons. The Labute approximate surface area is 124 Å². The summed E-state index contributed by atoms with van der Waals surface area (Å²) in [4.78, 5) is 15.8. The number of rotatable bonds is 4. The number of carbonyl (C=O) groups is 1. The van der Waals surface area contributed by atoms with Crippen LogP contribution in [0.4, 0.5) is 4.79 Å². The predicted molar refractivity (Wildman–Crippen MR) is 77.2 cm³/mol. The minimum atomic E-state index is -3.51. The lowest BCUT2D eigenvalue weighted by molar-refractivity contribution is 0.138. The van der Waals surface area contributed by atoms with Crippen molar-refractivity contribution in [1.29, 1.82) is 0 Å². The van der Waals surface area contributed by atoms with E-state index in [-0.39, 0.29) is 10.9 Å². The van der Waals surface area contributed by atoms with Gasteiger partial charge in [0.25, 0.3) is 0 Å². The van der Waals surface area contributed by atoms with Crippen molar-refractivity contribution in [3.63, 3.8) is 0 Å². The molecular formula is C12H21N5O3S. The second-order valence-corrected chi connectivity index (χ2v) is 6.72. The Hall–Kier alpha value is -1.61. The quantitative estimate of drug-likeness (QED) is 0.858. The fraction of sp³-hybridized carbons (Fsp3) is 0.667. The number of urea groups is 1. The number of piperazine rings is 1. The summed E-state index contributed by atoms with van der Waals surface area (Å²) < 4.78 is 26.0. The Bertz CT molecular complexity index is 560. The van der Waals surface area contributed by atoms with E-state index in [1.165, 1.54) is 16.7 Å². The summed E-state index contributed by atoms with van der Waals surface area (Å²) in [7, 11) is -3.51. The first-order valence-electron chi connectivity index (χ1n) is 7.03. The molecule has 0 spiro atoms. The van der Waals surface area contributed by atoms with Crippen LogP contribution in [-0.4, -0.2) is 78.0 Å². The fourth-order valence-corrected chi connectivity index (χ4v) is 3.67. The highest BCUT2D eigenvalue weighted by molar-refractivity contribution is 7.89. The van der Waals surface area contributed by atoms with Gasteiger partial charge in [-0.1, -0.05) is 0 Å². The number of H-pyrrole nitrogens is 1. The molecule has 0 aliphatic carbocycles. The number of nitrogens with zero attached hydrogens (tertiary/aromatic N) is 4. The normalized spacial score (nSPS) is 17.0. The number of aromatic amines is 1. The van der Waals surface area contributed by atoms with Gasteiger partial charge in [-0.2, -0.15) is 9.40 Å². The van der Waals surface area contributed by atoms with Gasteiger partial charge in [0.1, 0.15) is 4.90 Å². The van der Waals surface area contributed by atoms with Crippen LogP contribution in [0.15, 0.2) is 17.3 Å². The smallest absolute Gasteiger partial charge is 0.320 e. The van der Waals surface area contributed by atoms with Gasteiger partial charge in [0.05, 0.1) is 6.20 Å². The van der Waals surface area contributed by atoms with Gasteiger partial charge in [-0.3, -0.25) is 5.10 Å². The maximum Gasteiger partial charge on any atom is 0.320 e. The van der Waals surface area contributed by atoms with Crippen LogP contribution in [0.1, 0.15) is 13.8 Å². The molecule has 2 amide bonds. The Balaban J connectivity index is 1.99. The first kappa shape index (κ1) is 15.8. The number of carbonyl (C=O) groups excluding carboxylic acids is 1. The van der Waals surface area contributed by atoms with Crippen LogP contribution in [0.2, 0.25) is 0 Å². The predicted octanol–water partition coefficient (Wildman–Crippen LogP) is 0.178. The van der Waals surface area contributed by atoms with Crippen molar-refractivity contribution in [2.24, 2.45) is 0 Å². The molecule has 1 N–H and O–H groups in total. The lowest BCUT2D eigenvalue weighted by atomic mass is 10.4. The fourth-order valence-electron chi connectivity index (χ4n) is 2.34. The average molecular weight is 315 g/mol. The lowest BCUT2D eigenvalue weighted by Crippen LogP contribution is -2.53. The third kappa shape index (κ3) is 3.18. The highest BCUT2D eigenvalue weighted by Crippen LogP contribution is 2.16. The van der Waals surface area contributed by atoms with E-state index in [2.05, 4.69) is 10.2 Å². The van der Waals surface area contributed by atoms with E-state index in [0.717, 1.165) is 0 Å². The largest absolute Gasteiger partial charge is 0.325 e. The second kappa shape index (κ2) is 6.44. The number of amides is 2. The van der Waals surface area contributed by atoms with Crippen LogP contribution in [-0.2, 0) is 10.0 Å². The zero-order valence-corrected chi connectivity index (χ0v) is 13.1. The molecular weight excluding hydrogens is 294 g/mol. The highest BCUT2D eigenvalue weighted by atomic mass is 32.2. The van der Waals surface area contributed by atoms with E-state index < -0.39 is 10.0 Å². The van der Waals surface area contributed by atoms with Crippen molar-refractivity contribution in [2.75, 3.05) is 39.3 Å². The summed E-state index contributed by atoms with van der Waals surface area (Å²) in [6.45, 7) is 6.60. The van der Waals surface area contributed by atoms with Crippen molar-refractivity contribution in [1.82, 2.24) is 24.3 Å². The minimum Gasteiger partial charge on any atom is -0.325 e.